The van der Waals surface area contributed by atoms with Gasteiger partial charge in [-0.1, -0.05) is 0 Å². The lowest BCUT2D eigenvalue weighted by atomic mass is 10.3. The average molecular weight is 272 g/mol. The average Bonchev–Trinajstić information content (AvgIpc) is 2.99. The van der Waals surface area contributed by atoms with Crippen molar-refractivity contribution in [2.45, 2.75) is 24.7 Å². The number of carbonyl (C=O) groups is 1. The fourth-order valence-corrected chi connectivity index (χ4v) is 3.85. The molecule has 0 aromatic carbocycles. The van der Waals surface area contributed by atoms with Crippen LogP contribution >= 0.6 is 23.1 Å². The Bertz CT molecular complexity index is 375. The third-order valence-corrected chi connectivity index (χ3v) is 4.98. The molecule has 2 rings (SSSR count). The quantitative estimate of drug-likeness (QED) is 0.487. The van der Waals surface area contributed by atoms with Gasteiger partial charge in [-0.2, -0.15) is 11.8 Å². The van der Waals surface area contributed by atoms with E-state index in [2.05, 4.69) is 5.43 Å². The highest BCUT2D eigenvalue weighted by Gasteiger charge is 2.15. The van der Waals surface area contributed by atoms with Crippen molar-refractivity contribution in [2.75, 3.05) is 12.4 Å². The van der Waals surface area contributed by atoms with E-state index in [-0.39, 0.29) is 5.91 Å². The molecule has 1 unspecified atom stereocenters. The number of hydrazine groups is 1. The number of ether oxygens (including phenoxy) is 1. The van der Waals surface area contributed by atoms with Gasteiger partial charge in [-0.15, -0.1) is 11.3 Å². The summed E-state index contributed by atoms with van der Waals surface area (Å²) in [7, 11) is 0. The van der Waals surface area contributed by atoms with Crippen LogP contribution in [0, 0.1) is 0 Å². The van der Waals surface area contributed by atoms with E-state index in [1.165, 1.54) is 29.1 Å². The Morgan fingerprint density at radius 2 is 2.53 bits per heavy atom. The molecule has 0 aliphatic carbocycles. The number of nitrogen functional groups attached to an aromatic ring is 1. The van der Waals surface area contributed by atoms with Crippen LogP contribution < -0.4 is 11.3 Å². The van der Waals surface area contributed by atoms with Crippen molar-refractivity contribution in [1.29, 1.82) is 0 Å². The Morgan fingerprint density at radius 1 is 1.65 bits per heavy atom. The summed E-state index contributed by atoms with van der Waals surface area (Å²) in [6.07, 6.45) is 2.79. The van der Waals surface area contributed by atoms with Crippen LogP contribution in [0.25, 0.3) is 0 Å². The molecular weight excluding hydrogens is 256 g/mol. The standard InChI is InChI=1S/C11H16N2O2S2/c12-13-11(14)10-4-3-9(17-10)7-16-6-8-2-1-5-15-8/h3-4,8H,1-2,5-7,12H2,(H,13,14). The lowest BCUT2D eigenvalue weighted by Gasteiger charge is -2.07. The highest BCUT2D eigenvalue weighted by atomic mass is 32.2. The van der Waals surface area contributed by atoms with Crippen molar-refractivity contribution < 1.29 is 9.53 Å². The molecule has 1 saturated heterocycles. The van der Waals surface area contributed by atoms with Crippen LogP contribution in [-0.4, -0.2) is 24.4 Å². The summed E-state index contributed by atoms with van der Waals surface area (Å²) in [6.45, 7) is 0.908. The van der Waals surface area contributed by atoms with Crippen LogP contribution in [0.15, 0.2) is 12.1 Å². The van der Waals surface area contributed by atoms with Gasteiger partial charge in [0.15, 0.2) is 0 Å². The predicted molar refractivity (Wildman–Crippen MR) is 71.1 cm³/mol. The topological polar surface area (TPSA) is 64.3 Å². The largest absolute Gasteiger partial charge is 0.377 e. The number of carbonyl (C=O) groups excluding carboxylic acids is 1. The Hall–Kier alpha value is -0.560. The van der Waals surface area contributed by atoms with Gasteiger partial charge in [-0.25, -0.2) is 5.84 Å². The fraction of sp³-hybridized carbons (Fsp3) is 0.545. The maximum atomic E-state index is 11.3. The summed E-state index contributed by atoms with van der Waals surface area (Å²) in [5.74, 6) is 6.84. The van der Waals surface area contributed by atoms with Gasteiger partial charge in [0.05, 0.1) is 11.0 Å². The third-order valence-electron chi connectivity index (χ3n) is 2.59. The second kappa shape index (κ2) is 6.39. The summed E-state index contributed by atoms with van der Waals surface area (Å²) < 4.78 is 5.55. The highest BCUT2D eigenvalue weighted by molar-refractivity contribution is 7.98. The van der Waals surface area contributed by atoms with Crippen molar-refractivity contribution in [3.05, 3.63) is 21.9 Å². The summed E-state index contributed by atoms with van der Waals surface area (Å²) in [5.41, 5.74) is 2.14. The van der Waals surface area contributed by atoms with Crippen molar-refractivity contribution in [2.24, 2.45) is 5.84 Å². The molecule has 0 saturated carbocycles. The molecule has 1 aliphatic heterocycles. The van der Waals surface area contributed by atoms with Crippen LogP contribution in [-0.2, 0) is 10.5 Å². The number of rotatable bonds is 5. The maximum Gasteiger partial charge on any atom is 0.275 e. The lowest BCUT2D eigenvalue weighted by Crippen LogP contribution is -2.29. The van der Waals surface area contributed by atoms with Crippen LogP contribution in [0.4, 0.5) is 0 Å². The second-order valence-corrected chi connectivity index (χ2v) is 6.09. The number of hydrogen-bond donors (Lipinski definition) is 2. The van der Waals surface area contributed by atoms with Crippen molar-refractivity contribution in [1.82, 2.24) is 5.43 Å². The summed E-state index contributed by atoms with van der Waals surface area (Å²) in [5, 5.41) is 0. The van der Waals surface area contributed by atoms with Crippen LogP contribution in [0.2, 0.25) is 0 Å². The van der Waals surface area contributed by atoms with E-state index < -0.39 is 0 Å². The Kier molecular flexibility index (Phi) is 4.85. The van der Waals surface area contributed by atoms with Crippen molar-refractivity contribution in [3.8, 4) is 0 Å². The zero-order valence-electron chi connectivity index (χ0n) is 9.48. The number of nitrogens with two attached hydrogens (primary N) is 1. The monoisotopic (exact) mass is 272 g/mol. The van der Waals surface area contributed by atoms with E-state index >= 15 is 0 Å². The molecule has 1 fully saturated rings. The SMILES string of the molecule is NNC(=O)c1ccc(CSCC2CCCO2)s1. The molecule has 94 valence electrons. The van der Waals surface area contributed by atoms with E-state index in [4.69, 9.17) is 10.6 Å². The zero-order chi connectivity index (χ0) is 12.1. The third kappa shape index (κ3) is 3.70. The van der Waals surface area contributed by atoms with Gasteiger partial charge in [0, 0.05) is 23.0 Å². The molecule has 1 aromatic rings. The molecule has 1 amide bonds. The van der Waals surface area contributed by atoms with Gasteiger partial charge in [0.1, 0.15) is 0 Å². The minimum Gasteiger partial charge on any atom is -0.377 e. The molecular formula is C11H16N2O2S2. The number of thiophene rings is 1. The molecule has 0 radical (unpaired) electrons. The fourth-order valence-electron chi connectivity index (χ4n) is 1.72. The van der Waals surface area contributed by atoms with E-state index in [1.54, 1.807) is 0 Å². The smallest absolute Gasteiger partial charge is 0.275 e. The molecule has 1 atom stereocenters. The number of hydrogen-bond acceptors (Lipinski definition) is 5. The number of nitrogens with one attached hydrogen (secondary N) is 1. The molecule has 1 aromatic heterocycles. The van der Waals surface area contributed by atoms with Crippen molar-refractivity contribution >= 4 is 29.0 Å². The number of amides is 1. The summed E-state index contributed by atoms with van der Waals surface area (Å²) in [4.78, 5) is 13.1. The van der Waals surface area contributed by atoms with Gasteiger partial charge in [-0.3, -0.25) is 10.2 Å². The lowest BCUT2D eigenvalue weighted by molar-refractivity contribution is 0.0957. The second-order valence-electron chi connectivity index (χ2n) is 3.89. The molecule has 1 aliphatic rings. The Labute approximate surface area is 109 Å². The minimum atomic E-state index is -0.217. The van der Waals surface area contributed by atoms with Crippen LogP contribution in [0.3, 0.4) is 0 Å². The normalized spacial score (nSPS) is 19.5. The van der Waals surface area contributed by atoms with E-state index in [1.807, 2.05) is 23.9 Å². The Morgan fingerprint density at radius 3 is 3.24 bits per heavy atom. The number of thioether (sulfide) groups is 1. The van der Waals surface area contributed by atoms with E-state index in [9.17, 15) is 4.79 Å². The Balaban J connectivity index is 1.74. The van der Waals surface area contributed by atoms with E-state index in [0.717, 1.165) is 18.1 Å². The van der Waals surface area contributed by atoms with Gasteiger partial charge < -0.3 is 4.74 Å². The molecule has 3 N–H and O–H groups in total. The molecule has 0 bridgehead atoms. The van der Waals surface area contributed by atoms with Crippen LogP contribution in [0.1, 0.15) is 27.4 Å². The molecule has 2 heterocycles. The van der Waals surface area contributed by atoms with Gasteiger partial charge in [0.25, 0.3) is 5.91 Å². The van der Waals surface area contributed by atoms with E-state index in [0.29, 0.717) is 11.0 Å². The van der Waals surface area contributed by atoms with Gasteiger partial charge in [0.2, 0.25) is 0 Å². The van der Waals surface area contributed by atoms with Gasteiger partial charge >= 0.3 is 0 Å². The van der Waals surface area contributed by atoms with Crippen molar-refractivity contribution in [3.63, 3.8) is 0 Å². The first-order chi connectivity index (χ1) is 8.29. The maximum absolute atomic E-state index is 11.3. The van der Waals surface area contributed by atoms with Gasteiger partial charge in [-0.05, 0) is 25.0 Å². The first-order valence-corrected chi connectivity index (χ1v) is 7.55. The molecule has 0 spiro atoms. The zero-order valence-corrected chi connectivity index (χ0v) is 11.1. The minimum absolute atomic E-state index is 0.217. The molecule has 17 heavy (non-hydrogen) atoms. The first kappa shape index (κ1) is 12.9. The molecule has 4 nitrogen and oxygen atoms in total. The predicted octanol–water partition coefficient (Wildman–Crippen LogP) is 1.76. The van der Waals surface area contributed by atoms with Crippen LogP contribution in [0.5, 0.6) is 0 Å². The molecule has 6 heteroatoms. The highest BCUT2D eigenvalue weighted by Crippen LogP contribution is 2.24. The summed E-state index contributed by atoms with van der Waals surface area (Å²) in [6, 6.07) is 3.80. The first-order valence-electron chi connectivity index (χ1n) is 5.58. The summed E-state index contributed by atoms with van der Waals surface area (Å²) >= 11 is 3.35.